The van der Waals surface area contributed by atoms with Gasteiger partial charge in [-0.2, -0.15) is 0 Å². The Labute approximate surface area is 107 Å². The number of fused-ring (bicyclic) bond motifs is 1. The number of aromatic nitrogens is 3. The van der Waals surface area contributed by atoms with E-state index in [-0.39, 0.29) is 0 Å². The lowest BCUT2D eigenvalue weighted by Gasteiger charge is -2.23. The predicted octanol–water partition coefficient (Wildman–Crippen LogP) is 0.909. The molecule has 18 heavy (non-hydrogen) atoms. The van der Waals surface area contributed by atoms with Crippen molar-refractivity contribution in [2.45, 2.75) is 51.7 Å². The largest absolute Gasteiger partial charge is 0.480 e. The second-order valence-electron chi connectivity index (χ2n) is 4.82. The number of carboxylic acid groups (broad SMARTS) is 1. The second kappa shape index (κ2) is 5.48. The highest BCUT2D eigenvalue weighted by molar-refractivity contribution is 5.73. The molecule has 100 valence electrons. The van der Waals surface area contributed by atoms with Crippen molar-refractivity contribution in [1.29, 1.82) is 0 Å². The summed E-state index contributed by atoms with van der Waals surface area (Å²) in [5.41, 5.74) is 0. The lowest BCUT2D eigenvalue weighted by molar-refractivity contribution is -0.143. The summed E-state index contributed by atoms with van der Waals surface area (Å²) in [4.78, 5) is 12.9. The molecule has 2 heterocycles. The first-order valence-corrected chi connectivity index (χ1v) is 6.47. The maximum atomic E-state index is 11.1. The lowest BCUT2D eigenvalue weighted by atomic mass is 10.1. The Bertz CT molecular complexity index is 430. The Morgan fingerprint density at radius 2 is 2.28 bits per heavy atom. The van der Waals surface area contributed by atoms with Crippen LogP contribution in [0.1, 0.15) is 37.8 Å². The van der Waals surface area contributed by atoms with E-state index in [9.17, 15) is 4.79 Å². The van der Waals surface area contributed by atoms with Crippen LogP contribution in [0.3, 0.4) is 0 Å². The van der Waals surface area contributed by atoms with Crippen molar-refractivity contribution in [2.75, 3.05) is 7.05 Å². The van der Waals surface area contributed by atoms with Crippen molar-refractivity contribution in [3.8, 4) is 0 Å². The molecule has 0 saturated carbocycles. The number of carbonyl (C=O) groups is 1. The van der Waals surface area contributed by atoms with Crippen molar-refractivity contribution in [1.82, 2.24) is 19.7 Å². The van der Waals surface area contributed by atoms with Gasteiger partial charge in [0, 0.05) is 13.0 Å². The summed E-state index contributed by atoms with van der Waals surface area (Å²) in [5.74, 6) is 1.14. The molecule has 0 bridgehead atoms. The van der Waals surface area contributed by atoms with Gasteiger partial charge in [0.1, 0.15) is 17.7 Å². The van der Waals surface area contributed by atoms with Gasteiger partial charge in [-0.1, -0.05) is 6.92 Å². The average Bonchev–Trinajstić information content (AvgIpc) is 2.73. The van der Waals surface area contributed by atoms with E-state index in [1.165, 1.54) is 6.42 Å². The summed E-state index contributed by atoms with van der Waals surface area (Å²) in [7, 11) is 1.83. The van der Waals surface area contributed by atoms with Crippen LogP contribution < -0.4 is 0 Å². The van der Waals surface area contributed by atoms with Gasteiger partial charge in [-0.05, 0) is 26.3 Å². The van der Waals surface area contributed by atoms with Crippen LogP contribution in [0.2, 0.25) is 0 Å². The van der Waals surface area contributed by atoms with Gasteiger partial charge in [0.25, 0.3) is 0 Å². The van der Waals surface area contributed by atoms with Gasteiger partial charge in [-0.3, -0.25) is 9.69 Å². The molecule has 2 rings (SSSR count). The van der Waals surface area contributed by atoms with Crippen LogP contribution in [0, 0.1) is 0 Å². The standard InChI is InChI=1S/C12H20N4O2/c1-3-9(12(17)18)15(2)8-11-14-13-10-6-4-5-7-16(10)11/h9H,3-8H2,1-2H3,(H,17,18). The van der Waals surface area contributed by atoms with Gasteiger partial charge in [-0.25, -0.2) is 0 Å². The number of hydrogen-bond donors (Lipinski definition) is 1. The fraction of sp³-hybridized carbons (Fsp3) is 0.750. The maximum Gasteiger partial charge on any atom is 0.320 e. The molecule has 1 aliphatic rings. The van der Waals surface area contributed by atoms with E-state index in [0.717, 1.165) is 31.0 Å². The Morgan fingerprint density at radius 3 is 2.94 bits per heavy atom. The molecule has 0 spiro atoms. The molecule has 0 saturated heterocycles. The minimum atomic E-state index is -0.779. The fourth-order valence-electron chi connectivity index (χ4n) is 2.49. The Kier molecular flexibility index (Phi) is 3.96. The van der Waals surface area contributed by atoms with E-state index in [1.807, 2.05) is 18.9 Å². The summed E-state index contributed by atoms with van der Waals surface area (Å²) in [6, 6.07) is -0.457. The summed E-state index contributed by atoms with van der Waals surface area (Å²) in [6.07, 6.45) is 3.89. The molecule has 1 aromatic rings. The third-order valence-corrected chi connectivity index (χ3v) is 3.53. The van der Waals surface area contributed by atoms with Crippen molar-refractivity contribution >= 4 is 5.97 Å². The zero-order valence-corrected chi connectivity index (χ0v) is 11.0. The van der Waals surface area contributed by atoms with Crippen molar-refractivity contribution < 1.29 is 9.90 Å². The second-order valence-corrected chi connectivity index (χ2v) is 4.82. The van der Waals surface area contributed by atoms with E-state index in [0.29, 0.717) is 13.0 Å². The molecule has 6 heteroatoms. The molecule has 6 nitrogen and oxygen atoms in total. The van der Waals surface area contributed by atoms with E-state index in [4.69, 9.17) is 5.11 Å². The predicted molar refractivity (Wildman–Crippen MR) is 66.1 cm³/mol. The third kappa shape index (κ3) is 2.53. The molecule has 0 aromatic carbocycles. The van der Waals surface area contributed by atoms with Crippen molar-refractivity contribution in [2.24, 2.45) is 0 Å². The van der Waals surface area contributed by atoms with Gasteiger partial charge in [-0.15, -0.1) is 10.2 Å². The highest BCUT2D eigenvalue weighted by Gasteiger charge is 2.23. The fourth-order valence-corrected chi connectivity index (χ4v) is 2.49. The van der Waals surface area contributed by atoms with Crippen LogP contribution in [0.25, 0.3) is 0 Å². The van der Waals surface area contributed by atoms with Crippen LogP contribution in [0.5, 0.6) is 0 Å². The summed E-state index contributed by atoms with van der Waals surface area (Å²) in [5, 5.41) is 17.5. The van der Waals surface area contributed by atoms with Gasteiger partial charge in [0.05, 0.1) is 6.54 Å². The molecule has 1 aromatic heterocycles. The minimum absolute atomic E-state index is 0.457. The Morgan fingerprint density at radius 1 is 1.50 bits per heavy atom. The van der Waals surface area contributed by atoms with Gasteiger partial charge in [0.2, 0.25) is 0 Å². The van der Waals surface area contributed by atoms with Crippen molar-refractivity contribution in [3.05, 3.63) is 11.6 Å². The topological polar surface area (TPSA) is 71.2 Å². The number of rotatable bonds is 5. The third-order valence-electron chi connectivity index (χ3n) is 3.53. The number of nitrogens with zero attached hydrogens (tertiary/aromatic N) is 4. The first-order chi connectivity index (χ1) is 8.63. The highest BCUT2D eigenvalue weighted by Crippen LogP contribution is 2.16. The smallest absolute Gasteiger partial charge is 0.320 e. The molecule has 1 unspecified atom stereocenters. The number of aliphatic carboxylic acids is 1. The number of likely N-dealkylation sites (N-methyl/N-ethyl adjacent to an activating group) is 1. The van der Waals surface area contributed by atoms with Crippen molar-refractivity contribution in [3.63, 3.8) is 0 Å². The molecule has 0 fully saturated rings. The van der Waals surface area contributed by atoms with Crippen LogP contribution in [0.4, 0.5) is 0 Å². The zero-order valence-electron chi connectivity index (χ0n) is 11.0. The molecule has 1 aliphatic heterocycles. The van der Waals surface area contributed by atoms with E-state index in [2.05, 4.69) is 14.8 Å². The quantitative estimate of drug-likeness (QED) is 0.843. The monoisotopic (exact) mass is 252 g/mol. The van der Waals surface area contributed by atoms with Crippen LogP contribution in [-0.2, 0) is 24.3 Å². The first-order valence-electron chi connectivity index (χ1n) is 6.47. The molecule has 1 atom stereocenters. The minimum Gasteiger partial charge on any atom is -0.480 e. The zero-order chi connectivity index (χ0) is 13.1. The number of hydrogen-bond acceptors (Lipinski definition) is 4. The summed E-state index contributed by atoms with van der Waals surface area (Å²) >= 11 is 0. The molecule has 0 amide bonds. The maximum absolute atomic E-state index is 11.1. The van der Waals surface area contributed by atoms with E-state index < -0.39 is 12.0 Å². The molecule has 0 radical (unpaired) electrons. The van der Waals surface area contributed by atoms with Gasteiger partial charge in [0.15, 0.2) is 0 Å². The van der Waals surface area contributed by atoms with E-state index >= 15 is 0 Å². The van der Waals surface area contributed by atoms with Gasteiger partial charge < -0.3 is 9.67 Å². The summed E-state index contributed by atoms with van der Waals surface area (Å²) < 4.78 is 2.13. The molecular formula is C12H20N4O2. The summed E-state index contributed by atoms with van der Waals surface area (Å²) in [6.45, 7) is 3.38. The molecular weight excluding hydrogens is 232 g/mol. The number of carboxylic acids is 1. The van der Waals surface area contributed by atoms with Crippen LogP contribution in [-0.4, -0.2) is 43.8 Å². The number of aryl methyl sites for hydroxylation is 1. The SMILES string of the molecule is CCC(C(=O)O)N(C)Cc1nnc2n1CCCC2. The average molecular weight is 252 g/mol. The Balaban J connectivity index is 2.09. The molecule has 1 N–H and O–H groups in total. The molecule has 0 aliphatic carbocycles. The van der Waals surface area contributed by atoms with Crippen LogP contribution >= 0.6 is 0 Å². The normalized spacial score (nSPS) is 16.6. The van der Waals surface area contributed by atoms with Gasteiger partial charge >= 0.3 is 5.97 Å². The van der Waals surface area contributed by atoms with Crippen LogP contribution in [0.15, 0.2) is 0 Å². The van der Waals surface area contributed by atoms with E-state index in [1.54, 1.807) is 0 Å². The Hall–Kier alpha value is -1.43. The lowest BCUT2D eigenvalue weighted by Crippen LogP contribution is -2.38. The first kappa shape index (κ1) is 13.0. The highest BCUT2D eigenvalue weighted by atomic mass is 16.4.